The maximum atomic E-state index is 12.4. The molecule has 0 aliphatic carbocycles. The van der Waals surface area contributed by atoms with Crippen LogP contribution in [0.1, 0.15) is 245 Å². The SMILES string of the molecule is CC/C=C\C/C=C\C/C=C\C/C=C\C/C=C\C/C=C\C/C=C\C/C=C\CCCCCCCCCCCCCCCCC(=O)NC(CO)C(O)/C=C/CCCCCCCCCCCCC. The van der Waals surface area contributed by atoms with Crippen molar-refractivity contribution >= 4 is 5.91 Å². The predicted octanol–water partition coefficient (Wildman–Crippen LogP) is 17.9. The number of aliphatic hydroxyl groups excluding tert-OH is 2. The van der Waals surface area contributed by atoms with Gasteiger partial charge in [0.2, 0.25) is 5.91 Å². The summed E-state index contributed by atoms with van der Waals surface area (Å²) in [7, 11) is 0. The second-order valence-corrected chi connectivity index (χ2v) is 17.9. The summed E-state index contributed by atoms with van der Waals surface area (Å²) in [6, 6.07) is -0.627. The third-order valence-electron chi connectivity index (χ3n) is 11.8. The Morgan fingerprint density at radius 1 is 0.391 bits per heavy atom. The number of aliphatic hydroxyl groups is 2. The van der Waals surface area contributed by atoms with Crippen molar-refractivity contribution in [1.29, 1.82) is 0 Å². The molecule has 0 fully saturated rings. The highest BCUT2D eigenvalue weighted by Gasteiger charge is 2.18. The van der Waals surface area contributed by atoms with Gasteiger partial charge in [-0.3, -0.25) is 4.79 Å². The molecule has 64 heavy (non-hydrogen) atoms. The van der Waals surface area contributed by atoms with Crippen LogP contribution in [0.15, 0.2) is 109 Å². The van der Waals surface area contributed by atoms with Gasteiger partial charge in [-0.2, -0.15) is 0 Å². The molecule has 0 aromatic rings. The molecule has 4 heteroatoms. The van der Waals surface area contributed by atoms with Crippen molar-refractivity contribution in [2.75, 3.05) is 6.61 Å². The molecule has 0 aliphatic heterocycles. The Hall–Kier alpha value is -2.95. The Morgan fingerprint density at radius 3 is 1.03 bits per heavy atom. The molecule has 0 radical (unpaired) electrons. The third-order valence-corrected chi connectivity index (χ3v) is 11.8. The zero-order valence-electron chi connectivity index (χ0n) is 42.0. The summed E-state index contributed by atoms with van der Waals surface area (Å²) in [6.45, 7) is 4.18. The van der Waals surface area contributed by atoms with E-state index < -0.39 is 12.1 Å². The Labute approximate surface area is 397 Å². The Balaban J connectivity index is 3.54. The van der Waals surface area contributed by atoms with E-state index in [4.69, 9.17) is 0 Å². The second kappa shape index (κ2) is 54.4. The van der Waals surface area contributed by atoms with Gasteiger partial charge in [0, 0.05) is 6.42 Å². The minimum atomic E-state index is -0.843. The number of unbranched alkanes of at least 4 members (excludes halogenated alkanes) is 25. The van der Waals surface area contributed by atoms with E-state index in [0.29, 0.717) is 6.42 Å². The predicted molar refractivity (Wildman–Crippen MR) is 285 cm³/mol. The molecule has 0 spiro atoms. The Morgan fingerprint density at radius 2 is 0.688 bits per heavy atom. The molecule has 3 N–H and O–H groups in total. The van der Waals surface area contributed by atoms with Crippen LogP contribution >= 0.6 is 0 Å². The average Bonchev–Trinajstić information content (AvgIpc) is 3.30. The lowest BCUT2D eigenvalue weighted by Gasteiger charge is -2.20. The first kappa shape index (κ1) is 61.0. The lowest BCUT2D eigenvalue weighted by atomic mass is 10.0. The van der Waals surface area contributed by atoms with Crippen molar-refractivity contribution < 1.29 is 15.0 Å². The lowest BCUT2D eigenvalue weighted by molar-refractivity contribution is -0.123. The number of carbonyl (C=O) groups is 1. The van der Waals surface area contributed by atoms with Crippen molar-refractivity contribution in [3.63, 3.8) is 0 Å². The van der Waals surface area contributed by atoms with E-state index in [2.05, 4.69) is 116 Å². The van der Waals surface area contributed by atoms with E-state index >= 15 is 0 Å². The topological polar surface area (TPSA) is 69.6 Å². The minimum Gasteiger partial charge on any atom is -0.394 e. The zero-order valence-corrected chi connectivity index (χ0v) is 42.0. The van der Waals surface area contributed by atoms with Gasteiger partial charge in [0.05, 0.1) is 18.8 Å². The monoisotopic (exact) mass is 886 g/mol. The van der Waals surface area contributed by atoms with Crippen LogP contribution in [0.3, 0.4) is 0 Å². The number of allylic oxidation sites excluding steroid dienone is 17. The molecule has 0 saturated carbocycles. The van der Waals surface area contributed by atoms with E-state index in [0.717, 1.165) is 77.0 Å². The molecule has 0 bridgehead atoms. The molecule has 2 atom stereocenters. The first-order chi connectivity index (χ1) is 31.7. The zero-order chi connectivity index (χ0) is 46.3. The molecule has 0 heterocycles. The molecule has 0 saturated heterocycles. The molecule has 4 nitrogen and oxygen atoms in total. The van der Waals surface area contributed by atoms with Gasteiger partial charge in [0.15, 0.2) is 0 Å². The largest absolute Gasteiger partial charge is 0.394 e. The second-order valence-electron chi connectivity index (χ2n) is 17.9. The van der Waals surface area contributed by atoms with E-state index in [1.165, 1.54) is 148 Å². The van der Waals surface area contributed by atoms with Gasteiger partial charge in [0.1, 0.15) is 0 Å². The van der Waals surface area contributed by atoms with Crippen LogP contribution in [0.2, 0.25) is 0 Å². The summed E-state index contributed by atoms with van der Waals surface area (Å²) in [6.07, 6.45) is 82.4. The van der Waals surface area contributed by atoms with Crippen LogP contribution in [0.4, 0.5) is 0 Å². The van der Waals surface area contributed by atoms with E-state index in [-0.39, 0.29) is 12.5 Å². The van der Waals surface area contributed by atoms with Crippen LogP contribution < -0.4 is 5.32 Å². The average molecular weight is 886 g/mol. The van der Waals surface area contributed by atoms with E-state index in [1.54, 1.807) is 6.08 Å². The smallest absolute Gasteiger partial charge is 0.220 e. The van der Waals surface area contributed by atoms with Crippen molar-refractivity contribution in [2.45, 2.75) is 257 Å². The quantitative estimate of drug-likeness (QED) is 0.0421. The third kappa shape index (κ3) is 50.1. The number of hydrogen-bond donors (Lipinski definition) is 3. The fourth-order valence-corrected chi connectivity index (χ4v) is 7.66. The van der Waals surface area contributed by atoms with Gasteiger partial charge in [0.25, 0.3) is 0 Å². The number of carbonyl (C=O) groups excluding carboxylic acids is 1. The number of amides is 1. The van der Waals surface area contributed by atoms with Crippen molar-refractivity contribution in [1.82, 2.24) is 5.32 Å². The fraction of sp³-hybridized carbons (Fsp3) is 0.683. The summed E-state index contributed by atoms with van der Waals surface area (Å²) < 4.78 is 0. The van der Waals surface area contributed by atoms with Gasteiger partial charge < -0.3 is 15.5 Å². The van der Waals surface area contributed by atoms with Crippen molar-refractivity contribution in [2.24, 2.45) is 0 Å². The van der Waals surface area contributed by atoms with Crippen molar-refractivity contribution in [3.8, 4) is 0 Å². The normalized spacial score (nSPS) is 13.8. The molecule has 366 valence electrons. The van der Waals surface area contributed by atoms with E-state index in [1.807, 2.05) is 6.08 Å². The van der Waals surface area contributed by atoms with Crippen LogP contribution in [-0.2, 0) is 4.79 Å². The minimum absolute atomic E-state index is 0.0685. The van der Waals surface area contributed by atoms with Crippen molar-refractivity contribution in [3.05, 3.63) is 109 Å². The summed E-state index contributed by atoms with van der Waals surface area (Å²) >= 11 is 0. The highest BCUT2D eigenvalue weighted by atomic mass is 16.3. The molecule has 0 aromatic heterocycles. The number of hydrogen-bond acceptors (Lipinski definition) is 3. The molecular weight excluding hydrogens is 783 g/mol. The molecule has 0 aliphatic rings. The fourth-order valence-electron chi connectivity index (χ4n) is 7.66. The lowest BCUT2D eigenvalue weighted by Crippen LogP contribution is -2.45. The van der Waals surface area contributed by atoms with Gasteiger partial charge >= 0.3 is 0 Å². The maximum Gasteiger partial charge on any atom is 0.220 e. The summed E-state index contributed by atoms with van der Waals surface area (Å²) in [5.74, 6) is -0.0685. The first-order valence-electron chi connectivity index (χ1n) is 27.1. The highest BCUT2D eigenvalue weighted by Crippen LogP contribution is 2.15. The first-order valence-corrected chi connectivity index (χ1v) is 27.1. The van der Waals surface area contributed by atoms with Crippen LogP contribution in [-0.4, -0.2) is 34.9 Å². The molecule has 2 unspecified atom stereocenters. The van der Waals surface area contributed by atoms with Crippen LogP contribution in [0.5, 0.6) is 0 Å². The summed E-state index contributed by atoms with van der Waals surface area (Å²) in [4.78, 5) is 12.4. The van der Waals surface area contributed by atoms with Gasteiger partial charge in [-0.15, -0.1) is 0 Å². The molecule has 1 amide bonds. The molecule has 0 aromatic carbocycles. The van der Waals surface area contributed by atoms with Gasteiger partial charge in [-0.25, -0.2) is 0 Å². The molecule has 0 rings (SSSR count). The Bertz CT molecular complexity index is 1230. The van der Waals surface area contributed by atoms with Gasteiger partial charge in [-0.1, -0.05) is 264 Å². The van der Waals surface area contributed by atoms with E-state index in [9.17, 15) is 15.0 Å². The number of rotatable bonds is 48. The standard InChI is InChI=1S/C60H103NO3/c1-3-5-7-9-11-13-15-17-18-19-20-21-22-23-24-25-26-27-28-29-30-31-32-33-34-35-36-37-38-39-40-41-42-44-46-48-50-52-54-56-60(64)61-58(57-62)59(63)55-53-51-49-47-45-43-16-14-12-10-8-6-4-2/h5,7,11,13,17-18,20-21,23-24,26-27,29-30,32-33,53,55,58-59,62-63H,3-4,6,8-10,12,14-16,19,22,25,28,31,34-52,54,56-57H2,1-2H3,(H,61,64)/b7-5-,13-11-,18-17-,21-20-,24-23-,27-26-,30-29-,33-32-,55-53+. The van der Waals surface area contributed by atoms with Crippen LogP contribution in [0.25, 0.3) is 0 Å². The van der Waals surface area contributed by atoms with Crippen LogP contribution in [0, 0.1) is 0 Å². The summed E-state index contributed by atoms with van der Waals surface area (Å²) in [5.41, 5.74) is 0. The van der Waals surface area contributed by atoms with Gasteiger partial charge in [-0.05, 0) is 83.5 Å². The summed E-state index contributed by atoms with van der Waals surface area (Å²) in [5, 5.41) is 23.1. The number of nitrogens with one attached hydrogen (secondary N) is 1. The highest BCUT2D eigenvalue weighted by molar-refractivity contribution is 5.76. The molecular formula is C60H103NO3. The maximum absolute atomic E-state index is 12.4. The Kier molecular flexibility index (Phi) is 51.9.